The molecule has 0 N–H and O–H groups in total. The van der Waals surface area contributed by atoms with Crippen molar-refractivity contribution >= 4 is 5.57 Å². The lowest BCUT2D eigenvalue weighted by molar-refractivity contribution is 0.174. The number of hydrogen-bond acceptors (Lipinski definition) is 3. The van der Waals surface area contributed by atoms with Crippen LogP contribution in [0.5, 0.6) is 11.5 Å². The Kier molecular flexibility index (Phi) is 6.03. The Hall–Kier alpha value is -3.04. The van der Waals surface area contributed by atoms with Gasteiger partial charge in [0.15, 0.2) is 11.5 Å². The summed E-state index contributed by atoms with van der Waals surface area (Å²) in [6, 6.07) is 27.9. The van der Waals surface area contributed by atoms with E-state index in [-0.39, 0.29) is 0 Å². The predicted octanol–water partition coefficient (Wildman–Crippen LogP) is 5.80. The summed E-state index contributed by atoms with van der Waals surface area (Å²) in [5.74, 6) is 2.31. The van der Waals surface area contributed by atoms with Gasteiger partial charge in [0.25, 0.3) is 0 Å². The van der Waals surface area contributed by atoms with Gasteiger partial charge in [-0.3, -0.25) is 0 Å². The van der Waals surface area contributed by atoms with Gasteiger partial charge in [0.2, 0.25) is 6.79 Å². The number of benzene rings is 3. The average molecular weight is 412 g/mol. The molecule has 1 unspecified atom stereocenters. The van der Waals surface area contributed by atoms with E-state index in [9.17, 15) is 0 Å². The quantitative estimate of drug-likeness (QED) is 0.512. The van der Waals surface area contributed by atoms with E-state index >= 15 is 0 Å². The molecule has 1 atom stereocenters. The molecular formula is C28H29NO2. The summed E-state index contributed by atoms with van der Waals surface area (Å²) in [6.07, 6.45) is 6.05. The van der Waals surface area contributed by atoms with Gasteiger partial charge < -0.3 is 14.4 Å². The summed E-state index contributed by atoms with van der Waals surface area (Å²) in [5.41, 5.74) is 5.26. The summed E-state index contributed by atoms with van der Waals surface area (Å²) in [4.78, 5) is 2.61. The number of piperidine rings is 1. The van der Waals surface area contributed by atoms with E-state index in [0.29, 0.717) is 12.7 Å². The van der Waals surface area contributed by atoms with E-state index in [4.69, 9.17) is 9.47 Å². The van der Waals surface area contributed by atoms with Gasteiger partial charge in [0, 0.05) is 13.1 Å². The lowest BCUT2D eigenvalue weighted by atomic mass is 9.90. The first-order valence-corrected chi connectivity index (χ1v) is 11.3. The molecule has 0 bridgehead atoms. The molecule has 0 spiro atoms. The van der Waals surface area contributed by atoms with Crippen LogP contribution in [0.4, 0.5) is 0 Å². The highest BCUT2D eigenvalue weighted by Gasteiger charge is 2.20. The molecule has 0 radical (unpaired) electrons. The molecule has 2 aliphatic rings. The van der Waals surface area contributed by atoms with Crippen molar-refractivity contribution in [1.82, 2.24) is 4.90 Å². The molecule has 0 saturated carbocycles. The molecule has 3 nitrogen and oxygen atoms in total. The number of ether oxygens (including phenoxy) is 2. The highest BCUT2D eigenvalue weighted by Crippen LogP contribution is 2.33. The predicted molar refractivity (Wildman–Crippen MR) is 125 cm³/mol. The summed E-state index contributed by atoms with van der Waals surface area (Å²) >= 11 is 0. The SMILES string of the molecule is C(=C(c1ccccc1)c1ccccc1)C1CCCN(CCc2ccc3c(c2)OCO3)C1. The van der Waals surface area contributed by atoms with Crippen molar-refractivity contribution < 1.29 is 9.47 Å². The smallest absolute Gasteiger partial charge is 0.231 e. The van der Waals surface area contributed by atoms with Crippen molar-refractivity contribution in [2.24, 2.45) is 5.92 Å². The van der Waals surface area contributed by atoms with Crippen LogP contribution < -0.4 is 9.47 Å². The topological polar surface area (TPSA) is 21.7 Å². The van der Waals surface area contributed by atoms with Crippen molar-refractivity contribution in [3.63, 3.8) is 0 Å². The third-order valence-corrected chi connectivity index (χ3v) is 6.27. The van der Waals surface area contributed by atoms with Crippen LogP contribution in [0.25, 0.3) is 5.57 Å². The van der Waals surface area contributed by atoms with Gasteiger partial charge in [-0.2, -0.15) is 0 Å². The zero-order chi connectivity index (χ0) is 20.9. The number of hydrogen-bond donors (Lipinski definition) is 0. The first-order valence-electron chi connectivity index (χ1n) is 11.3. The minimum atomic E-state index is 0.337. The molecule has 2 heterocycles. The van der Waals surface area contributed by atoms with E-state index in [1.54, 1.807) is 0 Å². The molecule has 0 aliphatic carbocycles. The first-order chi connectivity index (χ1) is 15.3. The van der Waals surface area contributed by atoms with E-state index < -0.39 is 0 Å². The molecule has 2 aliphatic heterocycles. The van der Waals surface area contributed by atoms with Crippen LogP contribution in [0.2, 0.25) is 0 Å². The van der Waals surface area contributed by atoms with Crippen LogP contribution in [0, 0.1) is 5.92 Å². The van der Waals surface area contributed by atoms with Crippen LogP contribution >= 0.6 is 0 Å². The van der Waals surface area contributed by atoms with Crippen molar-refractivity contribution in [3.8, 4) is 11.5 Å². The van der Waals surface area contributed by atoms with Gasteiger partial charge in [-0.05, 0) is 66.1 Å². The molecule has 1 saturated heterocycles. The van der Waals surface area contributed by atoms with Gasteiger partial charge in [-0.15, -0.1) is 0 Å². The molecule has 3 aromatic carbocycles. The zero-order valence-electron chi connectivity index (χ0n) is 17.9. The third kappa shape index (κ3) is 4.83. The Bertz CT molecular complexity index is 988. The molecule has 3 heteroatoms. The van der Waals surface area contributed by atoms with E-state index in [0.717, 1.165) is 31.0 Å². The van der Waals surface area contributed by atoms with Crippen molar-refractivity contribution in [3.05, 3.63) is 102 Å². The largest absolute Gasteiger partial charge is 0.454 e. The molecule has 5 rings (SSSR count). The van der Waals surface area contributed by atoms with Crippen molar-refractivity contribution in [2.75, 3.05) is 26.4 Å². The summed E-state index contributed by atoms with van der Waals surface area (Å²) in [7, 11) is 0. The molecule has 31 heavy (non-hydrogen) atoms. The zero-order valence-corrected chi connectivity index (χ0v) is 17.9. The van der Waals surface area contributed by atoms with E-state index in [2.05, 4.69) is 83.8 Å². The fourth-order valence-electron chi connectivity index (χ4n) is 4.64. The molecule has 3 aromatic rings. The van der Waals surface area contributed by atoms with Crippen LogP contribution in [-0.2, 0) is 6.42 Å². The lowest BCUT2D eigenvalue weighted by Crippen LogP contribution is -2.36. The monoisotopic (exact) mass is 411 g/mol. The van der Waals surface area contributed by atoms with Gasteiger partial charge in [-0.25, -0.2) is 0 Å². The Morgan fingerprint density at radius 1 is 0.871 bits per heavy atom. The number of fused-ring (bicyclic) bond motifs is 1. The molecule has 158 valence electrons. The third-order valence-electron chi connectivity index (χ3n) is 6.27. The summed E-state index contributed by atoms with van der Waals surface area (Å²) in [6.45, 7) is 3.72. The molecular weight excluding hydrogens is 382 g/mol. The Morgan fingerprint density at radius 3 is 2.32 bits per heavy atom. The first kappa shape index (κ1) is 19.9. The van der Waals surface area contributed by atoms with Crippen LogP contribution in [0.3, 0.4) is 0 Å². The van der Waals surface area contributed by atoms with Gasteiger partial charge in [-0.1, -0.05) is 72.8 Å². The van der Waals surface area contributed by atoms with Crippen LogP contribution in [0.1, 0.15) is 29.5 Å². The second-order valence-electron chi connectivity index (χ2n) is 8.45. The fraction of sp³-hybridized carbons (Fsp3) is 0.286. The minimum Gasteiger partial charge on any atom is -0.454 e. The van der Waals surface area contributed by atoms with Crippen molar-refractivity contribution in [1.29, 1.82) is 0 Å². The van der Waals surface area contributed by atoms with Gasteiger partial charge in [0.1, 0.15) is 0 Å². The van der Waals surface area contributed by atoms with E-state index in [1.165, 1.54) is 41.6 Å². The van der Waals surface area contributed by atoms with Crippen LogP contribution in [-0.4, -0.2) is 31.3 Å². The fourth-order valence-corrected chi connectivity index (χ4v) is 4.64. The lowest BCUT2D eigenvalue weighted by Gasteiger charge is -2.32. The Morgan fingerprint density at radius 2 is 1.58 bits per heavy atom. The maximum atomic E-state index is 5.53. The normalized spacial score (nSPS) is 18.0. The highest BCUT2D eigenvalue weighted by molar-refractivity contribution is 5.79. The Balaban J connectivity index is 1.29. The van der Waals surface area contributed by atoms with Gasteiger partial charge >= 0.3 is 0 Å². The minimum absolute atomic E-state index is 0.337. The second kappa shape index (κ2) is 9.40. The van der Waals surface area contributed by atoms with Crippen LogP contribution in [0.15, 0.2) is 84.9 Å². The standard InChI is InChI=1S/C28H29NO2/c1-3-9-24(10-4-1)26(25-11-5-2-6-12-25)18-23-8-7-16-29(20-23)17-15-22-13-14-27-28(19-22)31-21-30-27/h1-6,9-14,18-19,23H,7-8,15-17,20-21H2. The van der Waals surface area contributed by atoms with Gasteiger partial charge in [0.05, 0.1) is 0 Å². The molecule has 0 amide bonds. The number of nitrogens with zero attached hydrogens (tertiary/aromatic N) is 1. The van der Waals surface area contributed by atoms with Crippen molar-refractivity contribution in [2.45, 2.75) is 19.3 Å². The maximum Gasteiger partial charge on any atom is 0.231 e. The summed E-state index contributed by atoms with van der Waals surface area (Å²) in [5, 5.41) is 0. The maximum absolute atomic E-state index is 5.53. The number of likely N-dealkylation sites (tertiary alicyclic amines) is 1. The second-order valence-corrected chi connectivity index (χ2v) is 8.45. The Labute approximate surface area is 184 Å². The molecule has 0 aromatic heterocycles. The molecule has 1 fully saturated rings. The highest BCUT2D eigenvalue weighted by atomic mass is 16.7. The number of rotatable bonds is 6. The summed E-state index contributed by atoms with van der Waals surface area (Å²) < 4.78 is 11.0. The average Bonchev–Trinajstić information content (AvgIpc) is 3.31. The van der Waals surface area contributed by atoms with E-state index in [1.807, 2.05) is 6.07 Å².